The molecule has 0 bridgehead atoms. The minimum Gasteiger partial charge on any atom is -0.374 e. The maximum absolute atomic E-state index is 12.1. The first kappa shape index (κ1) is 16.5. The Morgan fingerprint density at radius 2 is 2.25 bits per heavy atom. The van der Waals surface area contributed by atoms with Crippen molar-refractivity contribution in [3.63, 3.8) is 0 Å². The summed E-state index contributed by atoms with van der Waals surface area (Å²) in [7, 11) is 0. The molecule has 2 heterocycles. The molecule has 0 radical (unpaired) electrons. The molecular formula is C15H16N6OS2. The number of nitrogens with one attached hydrogen (secondary N) is 1. The summed E-state index contributed by atoms with van der Waals surface area (Å²) in [5.41, 5.74) is 7.84. The molecule has 0 aliphatic carbocycles. The van der Waals surface area contributed by atoms with Crippen LogP contribution in [0.4, 0.5) is 10.9 Å². The van der Waals surface area contributed by atoms with E-state index in [1.807, 2.05) is 25.1 Å². The number of carbonyl (C=O) groups is 1. The Bertz CT molecular complexity index is 844. The highest BCUT2D eigenvalue weighted by atomic mass is 32.2. The Morgan fingerprint density at radius 1 is 1.38 bits per heavy atom. The molecule has 0 atom stereocenters. The number of rotatable bonds is 6. The summed E-state index contributed by atoms with van der Waals surface area (Å²) in [6.45, 7) is 2.65. The summed E-state index contributed by atoms with van der Waals surface area (Å²) in [6.07, 6.45) is 1.67. The van der Waals surface area contributed by atoms with Gasteiger partial charge in [-0.15, -0.1) is 10.2 Å². The lowest BCUT2D eigenvalue weighted by atomic mass is 10.1. The third kappa shape index (κ3) is 4.33. The van der Waals surface area contributed by atoms with Gasteiger partial charge in [0.1, 0.15) is 5.82 Å². The highest BCUT2D eigenvalue weighted by molar-refractivity contribution is 8.01. The number of carbonyl (C=O) groups excluding carboxylic acids is 1. The van der Waals surface area contributed by atoms with Crippen LogP contribution in [0.2, 0.25) is 0 Å². The van der Waals surface area contributed by atoms with Gasteiger partial charge < -0.3 is 11.1 Å². The van der Waals surface area contributed by atoms with Crippen LogP contribution in [0.25, 0.3) is 0 Å². The van der Waals surface area contributed by atoms with Crippen molar-refractivity contribution in [2.75, 3.05) is 16.8 Å². The van der Waals surface area contributed by atoms with Gasteiger partial charge in [-0.05, 0) is 12.5 Å². The quantitative estimate of drug-likeness (QED) is 0.655. The zero-order valence-electron chi connectivity index (χ0n) is 13.0. The van der Waals surface area contributed by atoms with Gasteiger partial charge in [0.15, 0.2) is 4.34 Å². The van der Waals surface area contributed by atoms with Gasteiger partial charge in [0, 0.05) is 6.07 Å². The molecule has 7 nitrogen and oxygen atoms in total. The zero-order chi connectivity index (χ0) is 16.9. The minimum atomic E-state index is -0.125. The largest absolute Gasteiger partial charge is 0.374 e. The molecule has 0 fully saturated rings. The van der Waals surface area contributed by atoms with E-state index >= 15 is 0 Å². The molecule has 0 unspecified atom stereocenters. The predicted molar refractivity (Wildman–Crippen MR) is 96.2 cm³/mol. The fourth-order valence-electron chi connectivity index (χ4n) is 2.13. The van der Waals surface area contributed by atoms with Crippen LogP contribution >= 0.6 is 23.1 Å². The zero-order valence-corrected chi connectivity index (χ0v) is 14.6. The molecule has 2 aromatic heterocycles. The van der Waals surface area contributed by atoms with Crippen LogP contribution in [0, 0.1) is 6.92 Å². The summed E-state index contributed by atoms with van der Waals surface area (Å²) in [5.74, 6) is 0.781. The first-order chi connectivity index (χ1) is 11.6. The van der Waals surface area contributed by atoms with Crippen LogP contribution in [0.3, 0.4) is 0 Å². The standard InChI is InChI=1S/C15H16N6OS2/c1-10-3-2-4-11(7-10)8-21-12(5-6-17-21)18-13(22)9-23-15-20-19-14(16)24-15/h2-7H,8-9H2,1H3,(H2,16,19)(H,18,22). The van der Waals surface area contributed by atoms with E-state index in [1.165, 1.54) is 28.7 Å². The number of amides is 1. The summed E-state index contributed by atoms with van der Waals surface area (Å²) in [5, 5.41) is 15.1. The van der Waals surface area contributed by atoms with Gasteiger partial charge in [-0.25, -0.2) is 4.68 Å². The fourth-order valence-corrected chi connectivity index (χ4v) is 3.57. The fraction of sp³-hybridized carbons (Fsp3) is 0.200. The number of nitrogens with zero attached hydrogens (tertiary/aromatic N) is 4. The van der Waals surface area contributed by atoms with Crippen LogP contribution in [0.15, 0.2) is 40.9 Å². The summed E-state index contributed by atoms with van der Waals surface area (Å²) >= 11 is 2.57. The monoisotopic (exact) mass is 360 g/mol. The molecule has 0 saturated heterocycles. The minimum absolute atomic E-state index is 0.125. The number of benzene rings is 1. The van der Waals surface area contributed by atoms with Gasteiger partial charge in [0.25, 0.3) is 0 Å². The van der Waals surface area contributed by atoms with Crippen LogP contribution in [-0.4, -0.2) is 31.6 Å². The first-order valence-electron chi connectivity index (χ1n) is 7.19. The van der Waals surface area contributed by atoms with Gasteiger partial charge in [-0.3, -0.25) is 4.79 Å². The lowest BCUT2D eigenvalue weighted by Crippen LogP contribution is -2.17. The second-order valence-corrected chi connectivity index (χ2v) is 7.34. The molecule has 124 valence electrons. The van der Waals surface area contributed by atoms with Gasteiger partial charge in [0.05, 0.1) is 18.5 Å². The van der Waals surface area contributed by atoms with E-state index in [-0.39, 0.29) is 11.7 Å². The van der Waals surface area contributed by atoms with Crippen LogP contribution in [0.5, 0.6) is 0 Å². The van der Waals surface area contributed by atoms with E-state index in [0.29, 0.717) is 21.8 Å². The number of hydrogen-bond acceptors (Lipinski definition) is 7. The summed E-state index contributed by atoms with van der Waals surface area (Å²) in [4.78, 5) is 12.1. The number of aryl methyl sites for hydroxylation is 1. The average molecular weight is 360 g/mol. The maximum Gasteiger partial charge on any atom is 0.235 e. The molecule has 3 rings (SSSR count). The number of nitrogens with two attached hydrogens (primary N) is 1. The van der Waals surface area contributed by atoms with E-state index in [9.17, 15) is 4.79 Å². The first-order valence-corrected chi connectivity index (χ1v) is 8.99. The molecule has 3 aromatic rings. The summed E-state index contributed by atoms with van der Waals surface area (Å²) < 4.78 is 2.44. The van der Waals surface area contributed by atoms with Crippen molar-refractivity contribution in [1.82, 2.24) is 20.0 Å². The predicted octanol–water partition coefficient (Wildman–Crippen LogP) is 2.40. The van der Waals surface area contributed by atoms with E-state index in [1.54, 1.807) is 16.9 Å². The summed E-state index contributed by atoms with van der Waals surface area (Å²) in [6, 6.07) is 9.98. The Morgan fingerprint density at radius 3 is 3.00 bits per heavy atom. The van der Waals surface area contributed by atoms with Gasteiger partial charge in [-0.1, -0.05) is 52.9 Å². The Kier molecular flexibility index (Phi) is 5.11. The van der Waals surface area contributed by atoms with Crippen molar-refractivity contribution < 1.29 is 4.79 Å². The molecule has 0 saturated carbocycles. The Labute approximate surface area is 147 Å². The van der Waals surface area contributed by atoms with Gasteiger partial charge in [-0.2, -0.15) is 5.10 Å². The Balaban J connectivity index is 1.59. The number of nitrogen functional groups attached to an aromatic ring is 1. The molecule has 0 aliphatic heterocycles. The third-order valence-corrected chi connectivity index (χ3v) is 5.03. The Hall–Kier alpha value is -2.39. The second kappa shape index (κ2) is 7.45. The van der Waals surface area contributed by atoms with Crippen molar-refractivity contribution in [3.8, 4) is 0 Å². The average Bonchev–Trinajstić information content (AvgIpc) is 3.15. The molecule has 0 spiro atoms. The maximum atomic E-state index is 12.1. The van der Waals surface area contributed by atoms with Crippen LogP contribution in [-0.2, 0) is 11.3 Å². The number of hydrogen-bond donors (Lipinski definition) is 2. The third-order valence-electron chi connectivity index (χ3n) is 3.15. The van der Waals surface area contributed by atoms with E-state index in [0.717, 1.165) is 5.56 Å². The highest BCUT2D eigenvalue weighted by Crippen LogP contribution is 2.23. The number of aromatic nitrogens is 4. The normalized spacial score (nSPS) is 10.7. The molecule has 9 heteroatoms. The molecule has 3 N–H and O–H groups in total. The SMILES string of the molecule is Cc1cccc(Cn2nccc2NC(=O)CSc2nnc(N)s2)c1. The van der Waals surface area contributed by atoms with Crippen molar-refractivity contribution in [1.29, 1.82) is 0 Å². The van der Waals surface area contributed by atoms with E-state index < -0.39 is 0 Å². The number of anilines is 2. The molecule has 24 heavy (non-hydrogen) atoms. The molecule has 1 amide bonds. The van der Waals surface area contributed by atoms with Crippen molar-refractivity contribution >= 4 is 40.0 Å². The topological polar surface area (TPSA) is 98.7 Å². The van der Waals surface area contributed by atoms with Crippen molar-refractivity contribution in [3.05, 3.63) is 47.7 Å². The van der Waals surface area contributed by atoms with Crippen molar-refractivity contribution in [2.45, 2.75) is 17.8 Å². The molecule has 1 aromatic carbocycles. The molecular weight excluding hydrogens is 344 g/mol. The van der Waals surface area contributed by atoms with Gasteiger partial charge in [0.2, 0.25) is 11.0 Å². The van der Waals surface area contributed by atoms with Crippen LogP contribution < -0.4 is 11.1 Å². The lowest BCUT2D eigenvalue weighted by molar-refractivity contribution is -0.113. The van der Waals surface area contributed by atoms with Crippen LogP contribution in [0.1, 0.15) is 11.1 Å². The van der Waals surface area contributed by atoms with Gasteiger partial charge >= 0.3 is 0 Å². The lowest BCUT2D eigenvalue weighted by Gasteiger charge is -2.09. The smallest absolute Gasteiger partial charge is 0.235 e. The second-order valence-electron chi connectivity index (χ2n) is 5.11. The molecule has 0 aliphatic rings. The van der Waals surface area contributed by atoms with E-state index in [2.05, 4.69) is 26.7 Å². The van der Waals surface area contributed by atoms with E-state index in [4.69, 9.17) is 5.73 Å². The highest BCUT2D eigenvalue weighted by Gasteiger charge is 2.10. The van der Waals surface area contributed by atoms with Crippen molar-refractivity contribution in [2.24, 2.45) is 0 Å². The number of thioether (sulfide) groups is 1.